The van der Waals surface area contributed by atoms with Crippen molar-refractivity contribution in [2.24, 2.45) is 5.73 Å². The molecule has 0 unspecified atom stereocenters. The van der Waals surface area contributed by atoms with Crippen molar-refractivity contribution in [1.82, 2.24) is 10.3 Å². The number of hydrogen-bond acceptors (Lipinski definition) is 4. The highest BCUT2D eigenvalue weighted by Gasteiger charge is 2.11. The summed E-state index contributed by atoms with van der Waals surface area (Å²) in [4.78, 5) is 16.0. The van der Waals surface area contributed by atoms with Gasteiger partial charge in [-0.15, -0.1) is 0 Å². The average Bonchev–Trinajstić information content (AvgIpc) is 2.52. The largest absolute Gasteiger partial charge is 0.488 e. The summed E-state index contributed by atoms with van der Waals surface area (Å²) in [6, 6.07) is 7.50. The van der Waals surface area contributed by atoms with E-state index in [1.807, 2.05) is 38.1 Å². The lowest BCUT2D eigenvalue weighted by Gasteiger charge is -2.14. The molecule has 1 amide bonds. The molecule has 0 saturated carbocycles. The van der Waals surface area contributed by atoms with Gasteiger partial charge in [-0.1, -0.05) is 6.07 Å². The Morgan fingerprint density at radius 1 is 1.32 bits per heavy atom. The molecule has 5 heteroatoms. The molecule has 0 aliphatic carbocycles. The van der Waals surface area contributed by atoms with Crippen LogP contribution in [0.4, 0.5) is 0 Å². The van der Waals surface area contributed by atoms with Crippen LogP contribution in [0.25, 0.3) is 0 Å². The van der Waals surface area contributed by atoms with E-state index >= 15 is 0 Å². The minimum absolute atomic E-state index is 0.115. The van der Waals surface area contributed by atoms with Crippen molar-refractivity contribution in [1.29, 1.82) is 0 Å². The van der Waals surface area contributed by atoms with Crippen molar-refractivity contribution in [3.63, 3.8) is 0 Å². The molecule has 116 valence electrons. The number of aromatic nitrogens is 1. The van der Waals surface area contributed by atoms with Crippen molar-refractivity contribution in [2.75, 3.05) is 13.1 Å². The predicted molar refractivity (Wildman–Crippen MR) is 85.9 cm³/mol. The molecule has 0 radical (unpaired) electrons. The zero-order chi connectivity index (χ0) is 15.9. The third-order valence-electron chi connectivity index (χ3n) is 3.26. The van der Waals surface area contributed by atoms with Crippen LogP contribution in [-0.4, -0.2) is 24.0 Å². The van der Waals surface area contributed by atoms with Gasteiger partial charge in [-0.3, -0.25) is 9.78 Å². The molecule has 2 aromatic rings. The molecular weight excluding hydrogens is 278 g/mol. The number of nitrogens with zero attached hydrogens (tertiary/aromatic N) is 1. The van der Waals surface area contributed by atoms with Crippen LogP contribution in [0, 0.1) is 13.8 Å². The predicted octanol–water partition coefficient (Wildman–Crippen LogP) is 1.97. The van der Waals surface area contributed by atoms with Gasteiger partial charge in [0.15, 0.2) is 0 Å². The minimum atomic E-state index is -0.115. The Bertz CT molecular complexity index is 619. The fourth-order valence-electron chi connectivity index (χ4n) is 2.24. The molecule has 0 bridgehead atoms. The molecule has 5 nitrogen and oxygen atoms in total. The van der Waals surface area contributed by atoms with Gasteiger partial charge in [-0.2, -0.15) is 0 Å². The van der Waals surface area contributed by atoms with Gasteiger partial charge in [0.1, 0.15) is 12.4 Å². The van der Waals surface area contributed by atoms with E-state index < -0.39 is 0 Å². The number of ether oxygens (including phenoxy) is 1. The Kier molecular flexibility index (Phi) is 5.49. The highest BCUT2D eigenvalue weighted by molar-refractivity contribution is 5.94. The first-order chi connectivity index (χ1) is 10.6. The Morgan fingerprint density at radius 2 is 2.05 bits per heavy atom. The monoisotopic (exact) mass is 299 g/mol. The Labute approximate surface area is 130 Å². The second-order valence-electron chi connectivity index (χ2n) is 5.13. The Balaban J connectivity index is 2.11. The van der Waals surface area contributed by atoms with Crippen molar-refractivity contribution in [3.05, 3.63) is 58.9 Å². The first kappa shape index (κ1) is 16.0. The second-order valence-corrected chi connectivity index (χ2v) is 5.13. The van der Waals surface area contributed by atoms with E-state index in [1.54, 1.807) is 12.4 Å². The van der Waals surface area contributed by atoms with Crippen LogP contribution in [0.15, 0.2) is 36.7 Å². The SMILES string of the molecule is Cc1cc(C(=O)NCCN)cc(C)c1OCc1cccnc1. The van der Waals surface area contributed by atoms with Gasteiger partial charge in [0.25, 0.3) is 5.91 Å². The molecule has 0 aliphatic heterocycles. The number of nitrogens with one attached hydrogen (secondary N) is 1. The first-order valence-corrected chi connectivity index (χ1v) is 7.23. The summed E-state index contributed by atoms with van der Waals surface area (Å²) in [7, 11) is 0. The van der Waals surface area contributed by atoms with Crippen molar-refractivity contribution in [2.45, 2.75) is 20.5 Å². The number of rotatable bonds is 6. The van der Waals surface area contributed by atoms with Crippen LogP contribution < -0.4 is 15.8 Å². The van der Waals surface area contributed by atoms with Gasteiger partial charge in [0, 0.05) is 36.6 Å². The molecule has 2 rings (SSSR count). The number of carbonyl (C=O) groups is 1. The molecule has 22 heavy (non-hydrogen) atoms. The van der Waals surface area contributed by atoms with E-state index in [0.717, 1.165) is 22.4 Å². The van der Waals surface area contributed by atoms with Gasteiger partial charge in [-0.05, 0) is 43.2 Å². The number of amides is 1. The van der Waals surface area contributed by atoms with Gasteiger partial charge < -0.3 is 15.8 Å². The molecule has 0 aliphatic rings. The summed E-state index contributed by atoms with van der Waals surface area (Å²) < 4.78 is 5.88. The van der Waals surface area contributed by atoms with E-state index in [-0.39, 0.29) is 5.91 Å². The molecule has 1 aromatic heterocycles. The second kappa shape index (κ2) is 7.56. The summed E-state index contributed by atoms with van der Waals surface area (Å²) in [5.41, 5.74) is 8.89. The molecule has 0 fully saturated rings. The lowest BCUT2D eigenvalue weighted by Crippen LogP contribution is -2.29. The number of nitrogens with two attached hydrogens (primary N) is 1. The number of benzene rings is 1. The molecule has 1 aromatic carbocycles. The van der Waals surface area contributed by atoms with Crippen LogP contribution in [0.5, 0.6) is 5.75 Å². The highest BCUT2D eigenvalue weighted by Crippen LogP contribution is 2.25. The van der Waals surface area contributed by atoms with E-state index in [4.69, 9.17) is 10.5 Å². The van der Waals surface area contributed by atoms with Crippen molar-refractivity contribution < 1.29 is 9.53 Å². The summed E-state index contributed by atoms with van der Waals surface area (Å²) in [5, 5.41) is 2.77. The average molecular weight is 299 g/mol. The molecular formula is C17H21N3O2. The summed E-state index contributed by atoms with van der Waals surface area (Å²) in [5.74, 6) is 0.690. The number of pyridine rings is 1. The van der Waals surface area contributed by atoms with Gasteiger partial charge in [0.2, 0.25) is 0 Å². The van der Waals surface area contributed by atoms with E-state index in [2.05, 4.69) is 10.3 Å². The van der Waals surface area contributed by atoms with Crippen LogP contribution in [0.3, 0.4) is 0 Å². The zero-order valence-corrected chi connectivity index (χ0v) is 12.9. The maximum absolute atomic E-state index is 12.0. The van der Waals surface area contributed by atoms with Gasteiger partial charge in [0.05, 0.1) is 0 Å². The third-order valence-corrected chi connectivity index (χ3v) is 3.26. The maximum Gasteiger partial charge on any atom is 0.251 e. The molecule has 0 spiro atoms. The van der Waals surface area contributed by atoms with E-state index in [1.165, 1.54) is 0 Å². The fraction of sp³-hybridized carbons (Fsp3) is 0.294. The summed E-state index contributed by atoms with van der Waals surface area (Å²) in [6.45, 7) is 5.22. The third kappa shape index (κ3) is 4.05. The number of aryl methyl sites for hydroxylation is 2. The molecule has 1 heterocycles. The standard InChI is InChI=1S/C17H21N3O2/c1-12-8-15(17(21)20-7-5-18)9-13(2)16(12)22-11-14-4-3-6-19-10-14/h3-4,6,8-10H,5,7,11,18H2,1-2H3,(H,20,21). The van der Waals surface area contributed by atoms with Crippen LogP contribution in [0.2, 0.25) is 0 Å². The van der Waals surface area contributed by atoms with Crippen molar-refractivity contribution in [3.8, 4) is 5.75 Å². The normalized spacial score (nSPS) is 10.3. The van der Waals surface area contributed by atoms with Crippen LogP contribution >= 0.6 is 0 Å². The van der Waals surface area contributed by atoms with Gasteiger partial charge in [-0.25, -0.2) is 0 Å². The zero-order valence-electron chi connectivity index (χ0n) is 12.9. The van der Waals surface area contributed by atoms with E-state index in [0.29, 0.717) is 25.3 Å². The Hall–Kier alpha value is -2.40. The number of carbonyl (C=O) groups excluding carboxylic acids is 1. The summed E-state index contributed by atoms with van der Waals surface area (Å²) in [6.07, 6.45) is 3.51. The van der Waals surface area contributed by atoms with E-state index in [9.17, 15) is 4.79 Å². The van der Waals surface area contributed by atoms with Gasteiger partial charge >= 0.3 is 0 Å². The topological polar surface area (TPSA) is 77.2 Å². The quantitative estimate of drug-likeness (QED) is 0.855. The van der Waals surface area contributed by atoms with Crippen LogP contribution in [0.1, 0.15) is 27.0 Å². The molecule has 0 saturated heterocycles. The number of hydrogen-bond donors (Lipinski definition) is 2. The molecule has 3 N–H and O–H groups in total. The fourth-order valence-corrected chi connectivity index (χ4v) is 2.24. The Morgan fingerprint density at radius 3 is 2.64 bits per heavy atom. The lowest BCUT2D eigenvalue weighted by atomic mass is 10.0. The molecule has 0 atom stereocenters. The smallest absolute Gasteiger partial charge is 0.251 e. The first-order valence-electron chi connectivity index (χ1n) is 7.23. The highest BCUT2D eigenvalue weighted by atomic mass is 16.5. The summed E-state index contributed by atoms with van der Waals surface area (Å²) >= 11 is 0. The lowest BCUT2D eigenvalue weighted by molar-refractivity contribution is 0.0954. The van der Waals surface area contributed by atoms with Crippen LogP contribution in [-0.2, 0) is 6.61 Å². The minimum Gasteiger partial charge on any atom is -0.488 e. The van der Waals surface area contributed by atoms with Crippen molar-refractivity contribution >= 4 is 5.91 Å². The maximum atomic E-state index is 12.0.